The Morgan fingerprint density at radius 3 is 2.82 bits per heavy atom. The Labute approximate surface area is 135 Å². The van der Waals surface area contributed by atoms with Gasteiger partial charge in [-0.25, -0.2) is 8.42 Å². The van der Waals surface area contributed by atoms with E-state index in [2.05, 4.69) is 15.5 Å². The van der Waals surface area contributed by atoms with Crippen LogP contribution in [0.5, 0.6) is 0 Å². The maximum Gasteiger partial charge on any atom is 0.233 e. The predicted molar refractivity (Wildman–Crippen MR) is 85.5 cm³/mol. The lowest BCUT2D eigenvalue weighted by atomic mass is 10.1. The van der Waals surface area contributed by atoms with E-state index >= 15 is 0 Å². The highest BCUT2D eigenvalue weighted by Crippen LogP contribution is 2.25. The molecular weight excluding hydrogens is 324 g/mol. The molecule has 1 fully saturated rings. The first-order chi connectivity index (χ1) is 10.3. The normalized spacial score (nSPS) is 21.7. The van der Waals surface area contributed by atoms with Crippen molar-refractivity contribution in [1.29, 1.82) is 0 Å². The monoisotopic (exact) mass is 346 g/mol. The van der Waals surface area contributed by atoms with Crippen molar-refractivity contribution in [3.05, 3.63) is 5.82 Å². The molecule has 1 N–H and O–H groups in total. The molecule has 1 aliphatic heterocycles. The summed E-state index contributed by atoms with van der Waals surface area (Å²) in [6.07, 6.45) is 1.30. The van der Waals surface area contributed by atoms with Crippen LogP contribution in [0.4, 0.5) is 0 Å². The van der Waals surface area contributed by atoms with Gasteiger partial charge in [-0.15, -0.1) is 10.2 Å². The van der Waals surface area contributed by atoms with E-state index in [4.69, 9.17) is 0 Å². The molecule has 2 rings (SSSR count). The standard InChI is InChI=1S/C13H22N4O3S2/c1-4-14-12(18)9(2)21-13-16-15-11(17(13)3)7-10-5-6-22(19,20)8-10/h9-10H,4-8H2,1-3H3,(H,14,18)/t9-,10-/m1/s1. The number of carbonyl (C=O) groups is 1. The lowest BCUT2D eigenvalue weighted by Crippen LogP contribution is -2.30. The van der Waals surface area contributed by atoms with Crippen LogP contribution < -0.4 is 5.32 Å². The van der Waals surface area contributed by atoms with Crippen molar-refractivity contribution < 1.29 is 13.2 Å². The summed E-state index contributed by atoms with van der Waals surface area (Å²) in [7, 11) is -1.02. The quantitative estimate of drug-likeness (QED) is 0.750. The smallest absolute Gasteiger partial charge is 0.233 e. The first-order valence-corrected chi connectivity index (χ1v) is 10.1. The summed E-state index contributed by atoms with van der Waals surface area (Å²) in [6, 6.07) is 0. The Balaban J connectivity index is 1.99. The molecule has 0 aromatic carbocycles. The zero-order valence-electron chi connectivity index (χ0n) is 13.1. The van der Waals surface area contributed by atoms with Crippen LogP contribution >= 0.6 is 11.8 Å². The third kappa shape index (κ3) is 4.22. The number of thioether (sulfide) groups is 1. The van der Waals surface area contributed by atoms with Crippen LogP contribution in [0.1, 0.15) is 26.1 Å². The van der Waals surface area contributed by atoms with E-state index in [0.29, 0.717) is 24.5 Å². The predicted octanol–water partition coefficient (Wildman–Crippen LogP) is 0.409. The SMILES string of the molecule is CCNC(=O)[C@@H](C)Sc1nnc(C[C@H]2CCS(=O)(=O)C2)n1C. The minimum atomic E-state index is -2.87. The van der Waals surface area contributed by atoms with Gasteiger partial charge in [0.1, 0.15) is 5.82 Å². The average molecular weight is 346 g/mol. The molecule has 2 atom stereocenters. The maximum atomic E-state index is 11.8. The Morgan fingerprint density at radius 1 is 1.50 bits per heavy atom. The van der Waals surface area contributed by atoms with Gasteiger partial charge < -0.3 is 9.88 Å². The molecule has 1 aliphatic rings. The van der Waals surface area contributed by atoms with E-state index in [9.17, 15) is 13.2 Å². The van der Waals surface area contributed by atoms with E-state index in [-0.39, 0.29) is 28.6 Å². The van der Waals surface area contributed by atoms with Crippen molar-refractivity contribution in [2.45, 2.75) is 37.1 Å². The molecule has 2 heterocycles. The second kappa shape index (κ2) is 6.99. The Kier molecular flexibility index (Phi) is 5.49. The van der Waals surface area contributed by atoms with Crippen molar-refractivity contribution in [2.75, 3.05) is 18.1 Å². The molecule has 7 nitrogen and oxygen atoms in total. The second-order valence-corrected chi connectivity index (χ2v) is 9.12. The van der Waals surface area contributed by atoms with Gasteiger partial charge in [0.25, 0.3) is 0 Å². The number of nitrogens with zero attached hydrogens (tertiary/aromatic N) is 3. The number of rotatable bonds is 6. The van der Waals surface area contributed by atoms with Gasteiger partial charge >= 0.3 is 0 Å². The van der Waals surface area contributed by atoms with Crippen molar-refractivity contribution in [3.8, 4) is 0 Å². The zero-order chi connectivity index (χ0) is 16.3. The molecular formula is C13H22N4O3S2. The number of aromatic nitrogens is 3. The molecule has 9 heteroatoms. The fourth-order valence-electron chi connectivity index (χ4n) is 2.45. The lowest BCUT2D eigenvalue weighted by molar-refractivity contribution is -0.120. The molecule has 1 aromatic rings. The molecule has 22 heavy (non-hydrogen) atoms. The average Bonchev–Trinajstić information content (AvgIpc) is 2.95. The molecule has 0 radical (unpaired) electrons. The molecule has 0 spiro atoms. The van der Waals surface area contributed by atoms with Crippen molar-refractivity contribution >= 4 is 27.5 Å². The van der Waals surface area contributed by atoms with E-state index in [0.717, 1.165) is 5.82 Å². The number of hydrogen-bond acceptors (Lipinski definition) is 6. The summed E-state index contributed by atoms with van der Waals surface area (Å²) in [5, 5.41) is 11.5. The van der Waals surface area contributed by atoms with Gasteiger partial charge in [-0.05, 0) is 26.2 Å². The van der Waals surface area contributed by atoms with Gasteiger partial charge in [-0.1, -0.05) is 11.8 Å². The van der Waals surface area contributed by atoms with E-state index in [1.165, 1.54) is 11.8 Å². The Hall–Kier alpha value is -1.09. The summed E-state index contributed by atoms with van der Waals surface area (Å²) in [4.78, 5) is 11.8. The summed E-state index contributed by atoms with van der Waals surface area (Å²) in [5.41, 5.74) is 0. The second-order valence-electron chi connectivity index (χ2n) is 5.59. The first kappa shape index (κ1) is 17.3. The van der Waals surface area contributed by atoms with Crippen molar-refractivity contribution in [2.24, 2.45) is 13.0 Å². The van der Waals surface area contributed by atoms with Gasteiger partial charge in [0, 0.05) is 20.0 Å². The summed E-state index contributed by atoms with van der Waals surface area (Å²) < 4.78 is 24.9. The van der Waals surface area contributed by atoms with Crippen LogP contribution in [-0.4, -0.2) is 52.4 Å². The van der Waals surface area contributed by atoms with Gasteiger partial charge in [0.15, 0.2) is 15.0 Å². The number of amides is 1. The summed E-state index contributed by atoms with van der Waals surface area (Å²) in [6.45, 7) is 4.31. The van der Waals surface area contributed by atoms with Gasteiger partial charge in [0.05, 0.1) is 16.8 Å². The summed E-state index contributed by atoms with van der Waals surface area (Å²) in [5.74, 6) is 1.36. The maximum absolute atomic E-state index is 11.8. The molecule has 0 aliphatic carbocycles. The highest BCUT2D eigenvalue weighted by atomic mass is 32.2. The molecule has 1 saturated heterocycles. The van der Waals surface area contributed by atoms with E-state index < -0.39 is 9.84 Å². The fourth-order valence-corrected chi connectivity index (χ4v) is 5.17. The third-order valence-electron chi connectivity index (χ3n) is 3.73. The summed E-state index contributed by atoms with van der Waals surface area (Å²) >= 11 is 1.36. The number of carbonyl (C=O) groups excluding carboxylic acids is 1. The van der Waals surface area contributed by atoms with Gasteiger partial charge in [-0.2, -0.15) is 0 Å². The van der Waals surface area contributed by atoms with Crippen LogP contribution in [0.25, 0.3) is 0 Å². The van der Waals surface area contributed by atoms with Crippen LogP contribution in [0.3, 0.4) is 0 Å². The highest BCUT2D eigenvalue weighted by molar-refractivity contribution is 8.00. The van der Waals surface area contributed by atoms with Crippen LogP contribution in [0.15, 0.2) is 5.16 Å². The van der Waals surface area contributed by atoms with Crippen molar-refractivity contribution in [1.82, 2.24) is 20.1 Å². The minimum absolute atomic E-state index is 0.0288. The van der Waals surface area contributed by atoms with Gasteiger partial charge in [-0.3, -0.25) is 4.79 Å². The Bertz CT molecular complexity index is 642. The van der Waals surface area contributed by atoms with Crippen LogP contribution in [-0.2, 0) is 28.1 Å². The van der Waals surface area contributed by atoms with E-state index in [1.54, 1.807) is 0 Å². The van der Waals surface area contributed by atoms with Crippen molar-refractivity contribution in [3.63, 3.8) is 0 Å². The number of nitrogens with one attached hydrogen (secondary N) is 1. The topological polar surface area (TPSA) is 94.0 Å². The molecule has 1 aromatic heterocycles. The third-order valence-corrected chi connectivity index (χ3v) is 6.70. The molecule has 0 unspecified atom stereocenters. The molecule has 1 amide bonds. The lowest BCUT2D eigenvalue weighted by Gasteiger charge is -2.11. The molecule has 124 valence electrons. The largest absolute Gasteiger partial charge is 0.355 e. The fraction of sp³-hybridized carbons (Fsp3) is 0.769. The minimum Gasteiger partial charge on any atom is -0.355 e. The Morgan fingerprint density at radius 2 is 2.23 bits per heavy atom. The van der Waals surface area contributed by atoms with Gasteiger partial charge in [0.2, 0.25) is 5.91 Å². The molecule has 0 bridgehead atoms. The van der Waals surface area contributed by atoms with Crippen LogP contribution in [0, 0.1) is 5.92 Å². The molecule has 0 saturated carbocycles. The number of hydrogen-bond donors (Lipinski definition) is 1. The first-order valence-electron chi connectivity index (χ1n) is 7.35. The highest BCUT2D eigenvalue weighted by Gasteiger charge is 2.29. The number of sulfone groups is 1. The van der Waals surface area contributed by atoms with E-state index in [1.807, 2.05) is 25.5 Å². The zero-order valence-corrected chi connectivity index (χ0v) is 14.7. The van der Waals surface area contributed by atoms with Crippen LogP contribution in [0.2, 0.25) is 0 Å².